The van der Waals surface area contributed by atoms with Gasteiger partial charge in [-0.25, -0.2) is 9.67 Å². The molecule has 1 aliphatic carbocycles. The second kappa shape index (κ2) is 9.85. The van der Waals surface area contributed by atoms with Crippen molar-refractivity contribution in [3.63, 3.8) is 0 Å². The van der Waals surface area contributed by atoms with Crippen LogP contribution in [0.3, 0.4) is 0 Å². The molecular formula is C26H27N5O2S. The van der Waals surface area contributed by atoms with Crippen LogP contribution in [0, 0.1) is 0 Å². The summed E-state index contributed by atoms with van der Waals surface area (Å²) in [7, 11) is 0. The number of rotatable bonds is 7. The van der Waals surface area contributed by atoms with Gasteiger partial charge in [0.05, 0.1) is 34.9 Å². The molecule has 0 aliphatic heterocycles. The van der Waals surface area contributed by atoms with E-state index in [-0.39, 0.29) is 23.3 Å². The molecule has 0 bridgehead atoms. The maximum atomic E-state index is 13.5. The van der Waals surface area contributed by atoms with E-state index in [1.807, 2.05) is 66.2 Å². The topological polar surface area (TPSA) is 81.8 Å². The average molecular weight is 474 g/mol. The van der Waals surface area contributed by atoms with Crippen LogP contribution in [0.15, 0.2) is 76.8 Å². The smallest absolute Gasteiger partial charge is 0.262 e. The predicted molar refractivity (Wildman–Crippen MR) is 135 cm³/mol. The molecule has 4 aromatic rings. The van der Waals surface area contributed by atoms with Crippen molar-refractivity contribution in [2.45, 2.75) is 49.8 Å². The molecule has 1 saturated carbocycles. The van der Waals surface area contributed by atoms with Gasteiger partial charge in [0.1, 0.15) is 5.82 Å². The Hall–Kier alpha value is -3.39. The van der Waals surface area contributed by atoms with Crippen molar-refractivity contribution in [1.29, 1.82) is 0 Å². The molecule has 1 atom stereocenters. The number of hydrogen-bond acceptors (Lipinski definition) is 5. The monoisotopic (exact) mass is 473 g/mol. The molecule has 0 saturated heterocycles. The van der Waals surface area contributed by atoms with E-state index in [2.05, 4.69) is 10.4 Å². The van der Waals surface area contributed by atoms with E-state index in [4.69, 9.17) is 4.98 Å². The number of nitrogens with zero attached hydrogens (tertiary/aromatic N) is 4. The van der Waals surface area contributed by atoms with Crippen LogP contribution in [0.25, 0.3) is 10.9 Å². The van der Waals surface area contributed by atoms with Crippen molar-refractivity contribution < 1.29 is 4.79 Å². The van der Waals surface area contributed by atoms with Gasteiger partial charge in [0.2, 0.25) is 5.91 Å². The van der Waals surface area contributed by atoms with Crippen LogP contribution in [0.4, 0.5) is 5.82 Å². The van der Waals surface area contributed by atoms with E-state index >= 15 is 0 Å². The van der Waals surface area contributed by atoms with E-state index in [9.17, 15) is 9.59 Å². The number of aromatic nitrogens is 4. The number of benzene rings is 2. The third-order valence-corrected chi connectivity index (χ3v) is 7.34. The van der Waals surface area contributed by atoms with Gasteiger partial charge in [0, 0.05) is 6.07 Å². The van der Waals surface area contributed by atoms with Crippen molar-refractivity contribution in [3.8, 4) is 0 Å². The highest BCUT2D eigenvalue weighted by Crippen LogP contribution is 2.31. The maximum absolute atomic E-state index is 13.5. The third kappa shape index (κ3) is 4.50. The molecule has 0 spiro atoms. The fraction of sp³-hybridized carbons (Fsp3) is 0.308. The fourth-order valence-electron chi connectivity index (χ4n) is 4.61. The molecule has 174 valence electrons. The van der Waals surface area contributed by atoms with Gasteiger partial charge in [-0.2, -0.15) is 5.10 Å². The summed E-state index contributed by atoms with van der Waals surface area (Å²) in [6, 6.07) is 19.2. The van der Waals surface area contributed by atoms with Crippen LogP contribution in [0.5, 0.6) is 0 Å². The van der Waals surface area contributed by atoms with Crippen molar-refractivity contribution in [1.82, 2.24) is 19.3 Å². The number of anilines is 1. The highest BCUT2D eigenvalue weighted by Gasteiger charge is 2.22. The number of carbonyl (C=O) groups excluding carboxylic acids is 1. The molecule has 1 N–H and O–H groups in total. The average Bonchev–Trinajstić information content (AvgIpc) is 3.55. The van der Waals surface area contributed by atoms with E-state index < -0.39 is 0 Å². The van der Waals surface area contributed by atoms with Crippen LogP contribution in [0.2, 0.25) is 0 Å². The summed E-state index contributed by atoms with van der Waals surface area (Å²) in [5, 5.41) is 8.52. The van der Waals surface area contributed by atoms with E-state index in [0.717, 1.165) is 24.2 Å². The number of para-hydroxylation sites is 1. The van der Waals surface area contributed by atoms with Gasteiger partial charge in [-0.15, -0.1) is 0 Å². The second-order valence-electron chi connectivity index (χ2n) is 8.61. The zero-order valence-electron chi connectivity index (χ0n) is 19.1. The Balaban J connectivity index is 1.40. The minimum atomic E-state index is -0.222. The highest BCUT2D eigenvalue weighted by molar-refractivity contribution is 7.99. The van der Waals surface area contributed by atoms with E-state index in [1.165, 1.54) is 24.6 Å². The lowest BCUT2D eigenvalue weighted by atomic mass is 10.1. The Labute approximate surface area is 202 Å². The van der Waals surface area contributed by atoms with Gasteiger partial charge in [0.25, 0.3) is 5.56 Å². The molecule has 0 radical (unpaired) electrons. The van der Waals surface area contributed by atoms with Crippen LogP contribution < -0.4 is 10.9 Å². The lowest BCUT2D eigenvalue weighted by Gasteiger charge is -2.20. The standard InChI is InChI=1S/C26H27N5O2S/c1-18(19-9-3-2-4-10-19)30-25(33)21-13-7-8-14-22(21)28-26(30)34-17-24(32)29-23-15-16-27-31(23)20-11-5-6-12-20/h2-4,7-10,13-16,18,20H,5-6,11-12,17H2,1H3,(H,29,32). The zero-order valence-corrected chi connectivity index (χ0v) is 19.9. The summed E-state index contributed by atoms with van der Waals surface area (Å²) in [6.07, 6.45) is 6.29. The summed E-state index contributed by atoms with van der Waals surface area (Å²) in [4.78, 5) is 31.1. The van der Waals surface area contributed by atoms with E-state index in [0.29, 0.717) is 22.1 Å². The molecular weight excluding hydrogens is 446 g/mol. The molecule has 1 amide bonds. The number of nitrogens with one attached hydrogen (secondary N) is 1. The Bertz CT molecular complexity index is 1360. The molecule has 8 heteroatoms. The number of amides is 1. The van der Waals surface area contributed by atoms with Gasteiger partial charge in [-0.1, -0.05) is 67.1 Å². The lowest BCUT2D eigenvalue weighted by molar-refractivity contribution is -0.113. The second-order valence-corrected chi connectivity index (χ2v) is 9.55. The zero-order chi connectivity index (χ0) is 23.5. The van der Waals surface area contributed by atoms with Crippen molar-refractivity contribution >= 4 is 34.4 Å². The van der Waals surface area contributed by atoms with Crippen LogP contribution in [-0.2, 0) is 4.79 Å². The highest BCUT2D eigenvalue weighted by atomic mass is 32.2. The normalized spacial score (nSPS) is 15.0. The number of carbonyl (C=O) groups is 1. The van der Waals surface area contributed by atoms with Crippen LogP contribution in [0.1, 0.15) is 50.3 Å². The van der Waals surface area contributed by atoms with Gasteiger partial charge in [0.15, 0.2) is 5.16 Å². The molecule has 2 aromatic heterocycles. The third-order valence-electron chi connectivity index (χ3n) is 6.39. The van der Waals surface area contributed by atoms with E-state index in [1.54, 1.807) is 16.8 Å². The summed E-state index contributed by atoms with van der Waals surface area (Å²) < 4.78 is 3.62. The molecule has 1 unspecified atom stereocenters. The fourth-order valence-corrected chi connectivity index (χ4v) is 5.49. The summed E-state index contributed by atoms with van der Waals surface area (Å²) in [5.74, 6) is 0.715. The summed E-state index contributed by atoms with van der Waals surface area (Å²) in [5.41, 5.74) is 1.53. The quantitative estimate of drug-likeness (QED) is 0.300. The maximum Gasteiger partial charge on any atom is 0.262 e. The number of thioether (sulfide) groups is 1. The van der Waals surface area contributed by atoms with Gasteiger partial charge in [-0.05, 0) is 37.5 Å². The minimum absolute atomic E-state index is 0.107. The van der Waals surface area contributed by atoms with Gasteiger partial charge >= 0.3 is 0 Å². The summed E-state index contributed by atoms with van der Waals surface area (Å²) in [6.45, 7) is 1.98. The molecule has 1 aliphatic rings. The Morgan fingerprint density at radius 1 is 1.09 bits per heavy atom. The number of hydrogen-bond donors (Lipinski definition) is 1. The Morgan fingerprint density at radius 3 is 2.62 bits per heavy atom. The van der Waals surface area contributed by atoms with Crippen molar-refractivity contribution in [2.24, 2.45) is 0 Å². The SMILES string of the molecule is CC(c1ccccc1)n1c(SCC(=O)Nc2ccnn2C2CCCC2)nc2ccccc2c1=O. The minimum Gasteiger partial charge on any atom is -0.310 e. The molecule has 2 heterocycles. The van der Waals surface area contributed by atoms with Gasteiger partial charge in [-0.3, -0.25) is 14.2 Å². The lowest BCUT2D eigenvalue weighted by Crippen LogP contribution is -2.27. The molecule has 2 aromatic carbocycles. The summed E-state index contributed by atoms with van der Waals surface area (Å²) >= 11 is 1.28. The molecule has 1 fully saturated rings. The number of fused-ring (bicyclic) bond motifs is 1. The van der Waals surface area contributed by atoms with Gasteiger partial charge < -0.3 is 5.32 Å². The molecule has 7 nitrogen and oxygen atoms in total. The predicted octanol–water partition coefficient (Wildman–Crippen LogP) is 5.05. The Morgan fingerprint density at radius 2 is 1.82 bits per heavy atom. The first-order valence-corrected chi connectivity index (χ1v) is 12.6. The largest absolute Gasteiger partial charge is 0.310 e. The first-order chi connectivity index (χ1) is 16.6. The van der Waals surface area contributed by atoms with Crippen molar-refractivity contribution in [2.75, 3.05) is 11.1 Å². The van der Waals surface area contributed by atoms with Crippen molar-refractivity contribution in [3.05, 3.63) is 82.8 Å². The first kappa shape index (κ1) is 22.4. The molecule has 5 rings (SSSR count). The molecule has 34 heavy (non-hydrogen) atoms. The van der Waals surface area contributed by atoms with Crippen LogP contribution in [-0.4, -0.2) is 31.0 Å². The first-order valence-electron chi connectivity index (χ1n) is 11.6. The van der Waals surface area contributed by atoms with Crippen LogP contribution >= 0.6 is 11.8 Å². The Kier molecular flexibility index (Phi) is 6.49.